The summed E-state index contributed by atoms with van der Waals surface area (Å²) in [4.78, 5) is 32.0. The molecular weight excluding hydrogens is 306 g/mol. The molecule has 0 spiro atoms. The molecule has 8 heteroatoms. The highest BCUT2D eigenvalue weighted by Crippen LogP contribution is 2.34. The van der Waals surface area contributed by atoms with E-state index in [1.54, 1.807) is 0 Å². The van der Waals surface area contributed by atoms with Crippen LogP contribution in [-0.4, -0.2) is 38.0 Å². The molecule has 0 amide bonds. The molecule has 0 aliphatic rings. The second-order valence-electron chi connectivity index (χ2n) is 3.96. The molecular formula is C15H21NO7. The summed E-state index contributed by atoms with van der Waals surface area (Å²) >= 11 is 0. The van der Waals surface area contributed by atoms with Gasteiger partial charge in [0.15, 0.2) is 17.8 Å². The minimum Gasteiger partial charge on any atom is -0.493 e. The molecule has 0 N–H and O–H groups in total. The van der Waals surface area contributed by atoms with Crippen molar-refractivity contribution in [2.45, 2.75) is 26.7 Å². The SMILES string of the molecule is CC.COC(=O)CCCOc1cc([N+](=O)[O-])c(C=O)cc1OC. The minimum atomic E-state index is -0.676. The lowest BCUT2D eigenvalue weighted by atomic mass is 10.1. The van der Waals surface area contributed by atoms with E-state index in [0.717, 1.165) is 6.07 Å². The summed E-state index contributed by atoms with van der Waals surface area (Å²) in [6, 6.07) is 2.36. The molecule has 0 atom stereocenters. The van der Waals surface area contributed by atoms with E-state index in [1.807, 2.05) is 13.8 Å². The van der Waals surface area contributed by atoms with Gasteiger partial charge in [-0.25, -0.2) is 0 Å². The summed E-state index contributed by atoms with van der Waals surface area (Å²) in [5.74, 6) is -0.0201. The molecule has 0 saturated heterocycles. The molecule has 23 heavy (non-hydrogen) atoms. The zero-order valence-electron chi connectivity index (χ0n) is 13.7. The van der Waals surface area contributed by atoms with Crippen LogP contribution in [0.25, 0.3) is 0 Å². The molecule has 1 aromatic carbocycles. The Hall–Kier alpha value is -2.64. The van der Waals surface area contributed by atoms with E-state index in [2.05, 4.69) is 4.74 Å². The van der Waals surface area contributed by atoms with Crippen molar-refractivity contribution in [1.29, 1.82) is 0 Å². The maximum absolute atomic E-state index is 10.9. The Morgan fingerprint density at radius 1 is 1.26 bits per heavy atom. The number of ether oxygens (including phenoxy) is 3. The molecule has 0 aliphatic carbocycles. The Kier molecular flexibility index (Phi) is 9.74. The van der Waals surface area contributed by atoms with E-state index >= 15 is 0 Å². The Morgan fingerprint density at radius 2 is 1.91 bits per heavy atom. The van der Waals surface area contributed by atoms with Gasteiger partial charge in [0.05, 0.1) is 37.4 Å². The highest BCUT2D eigenvalue weighted by Gasteiger charge is 2.19. The van der Waals surface area contributed by atoms with Gasteiger partial charge < -0.3 is 14.2 Å². The number of methoxy groups -OCH3 is 2. The molecule has 0 heterocycles. The van der Waals surface area contributed by atoms with E-state index in [9.17, 15) is 19.7 Å². The normalized spacial score (nSPS) is 9.22. The van der Waals surface area contributed by atoms with Crippen molar-refractivity contribution in [3.8, 4) is 11.5 Å². The number of carbonyl (C=O) groups is 2. The van der Waals surface area contributed by atoms with Gasteiger partial charge in [-0.1, -0.05) is 13.8 Å². The first-order valence-electron chi connectivity index (χ1n) is 7.04. The average Bonchev–Trinajstić information content (AvgIpc) is 2.59. The van der Waals surface area contributed by atoms with Crippen LogP contribution in [0.2, 0.25) is 0 Å². The van der Waals surface area contributed by atoms with E-state index in [1.165, 1.54) is 20.3 Å². The molecule has 1 aromatic rings. The zero-order chi connectivity index (χ0) is 17.8. The highest BCUT2D eigenvalue weighted by atomic mass is 16.6. The van der Waals surface area contributed by atoms with Crippen LogP contribution in [0.5, 0.6) is 11.5 Å². The summed E-state index contributed by atoms with van der Waals surface area (Å²) in [6.07, 6.45) is 0.939. The van der Waals surface area contributed by atoms with Gasteiger partial charge in [-0.05, 0) is 6.42 Å². The van der Waals surface area contributed by atoms with Crippen LogP contribution in [0, 0.1) is 10.1 Å². The van der Waals surface area contributed by atoms with Gasteiger partial charge in [0.2, 0.25) is 0 Å². The number of nitro benzene ring substituents is 1. The quantitative estimate of drug-likeness (QED) is 0.238. The number of esters is 1. The van der Waals surface area contributed by atoms with Gasteiger partial charge in [0.25, 0.3) is 5.69 Å². The van der Waals surface area contributed by atoms with Gasteiger partial charge in [0, 0.05) is 12.5 Å². The van der Waals surface area contributed by atoms with Crippen LogP contribution in [-0.2, 0) is 9.53 Å². The number of aldehydes is 1. The first-order valence-corrected chi connectivity index (χ1v) is 7.04. The summed E-state index contributed by atoms with van der Waals surface area (Å²) in [6.45, 7) is 4.16. The van der Waals surface area contributed by atoms with Crippen LogP contribution in [0.1, 0.15) is 37.0 Å². The number of carbonyl (C=O) groups excluding carboxylic acids is 2. The van der Waals surface area contributed by atoms with Crippen LogP contribution < -0.4 is 9.47 Å². The summed E-state index contributed by atoms with van der Waals surface area (Å²) in [5, 5.41) is 10.9. The van der Waals surface area contributed by atoms with Crippen molar-refractivity contribution in [2.24, 2.45) is 0 Å². The van der Waals surface area contributed by atoms with Gasteiger partial charge in [-0.3, -0.25) is 19.7 Å². The van der Waals surface area contributed by atoms with E-state index < -0.39 is 4.92 Å². The molecule has 8 nitrogen and oxygen atoms in total. The third-order valence-corrected chi connectivity index (χ3v) is 2.65. The van der Waals surface area contributed by atoms with Crippen molar-refractivity contribution in [3.05, 3.63) is 27.8 Å². The van der Waals surface area contributed by atoms with Crippen molar-refractivity contribution in [1.82, 2.24) is 0 Å². The molecule has 0 radical (unpaired) electrons. The van der Waals surface area contributed by atoms with Gasteiger partial charge in [-0.15, -0.1) is 0 Å². The Balaban J connectivity index is 0.00000232. The second-order valence-corrected chi connectivity index (χ2v) is 3.96. The first kappa shape index (κ1) is 20.4. The van der Waals surface area contributed by atoms with Crippen molar-refractivity contribution >= 4 is 17.9 Å². The van der Waals surface area contributed by atoms with E-state index in [4.69, 9.17) is 9.47 Å². The number of nitro groups is 1. The molecule has 0 fully saturated rings. The largest absolute Gasteiger partial charge is 0.493 e. The second kappa shape index (κ2) is 11.0. The molecule has 128 valence electrons. The van der Waals surface area contributed by atoms with E-state index in [-0.39, 0.29) is 41.7 Å². The molecule has 1 rings (SSSR count). The zero-order valence-corrected chi connectivity index (χ0v) is 13.7. The fourth-order valence-electron chi connectivity index (χ4n) is 1.59. The maximum atomic E-state index is 10.9. The number of rotatable bonds is 8. The predicted molar refractivity (Wildman–Crippen MR) is 83.1 cm³/mol. The lowest BCUT2D eigenvalue weighted by Gasteiger charge is -2.11. The summed E-state index contributed by atoms with van der Waals surface area (Å²) in [7, 11) is 2.64. The molecule has 0 aromatic heterocycles. The molecule has 0 bridgehead atoms. The van der Waals surface area contributed by atoms with E-state index in [0.29, 0.717) is 12.7 Å². The van der Waals surface area contributed by atoms with Crippen LogP contribution in [0.15, 0.2) is 12.1 Å². The Bertz CT molecular complexity index is 543. The molecule has 0 aliphatic heterocycles. The van der Waals surface area contributed by atoms with Gasteiger partial charge in [-0.2, -0.15) is 0 Å². The summed E-state index contributed by atoms with van der Waals surface area (Å²) in [5.41, 5.74) is -0.465. The topological polar surface area (TPSA) is 105 Å². The maximum Gasteiger partial charge on any atom is 0.305 e. The Morgan fingerprint density at radius 3 is 2.39 bits per heavy atom. The van der Waals surface area contributed by atoms with Crippen LogP contribution >= 0.6 is 0 Å². The number of hydrogen-bond donors (Lipinski definition) is 0. The number of nitrogens with zero attached hydrogens (tertiary/aromatic N) is 1. The van der Waals surface area contributed by atoms with Gasteiger partial charge in [0.1, 0.15) is 0 Å². The fraction of sp³-hybridized carbons (Fsp3) is 0.467. The highest BCUT2D eigenvalue weighted by molar-refractivity contribution is 5.83. The lowest BCUT2D eigenvalue weighted by Crippen LogP contribution is -2.06. The fourth-order valence-corrected chi connectivity index (χ4v) is 1.59. The molecule has 0 unspecified atom stereocenters. The lowest BCUT2D eigenvalue weighted by molar-refractivity contribution is -0.385. The van der Waals surface area contributed by atoms with Crippen molar-refractivity contribution in [2.75, 3.05) is 20.8 Å². The average molecular weight is 327 g/mol. The number of benzene rings is 1. The number of hydrogen-bond acceptors (Lipinski definition) is 7. The van der Waals surface area contributed by atoms with Gasteiger partial charge >= 0.3 is 5.97 Å². The summed E-state index contributed by atoms with van der Waals surface area (Å²) < 4.78 is 14.9. The van der Waals surface area contributed by atoms with Crippen molar-refractivity contribution < 1.29 is 28.7 Å². The standard InChI is InChI=1S/C13H15NO7.C2H6/c1-19-11-6-9(8-15)10(14(17)18)7-12(11)21-5-3-4-13(16)20-2;1-2/h6-8H,3-5H2,1-2H3;1-2H3. The Labute approximate surface area is 134 Å². The third-order valence-electron chi connectivity index (χ3n) is 2.65. The smallest absolute Gasteiger partial charge is 0.305 e. The first-order chi connectivity index (χ1) is 11.0. The third kappa shape index (κ3) is 6.33. The monoisotopic (exact) mass is 327 g/mol. The van der Waals surface area contributed by atoms with Crippen LogP contribution in [0.3, 0.4) is 0 Å². The predicted octanol–water partition coefficient (Wildman–Crippen LogP) is 2.77. The minimum absolute atomic E-state index is 0.0984. The molecule has 0 saturated carbocycles. The van der Waals surface area contributed by atoms with Crippen LogP contribution in [0.4, 0.5) is 5.69 Å². The van der Waals surface area contributed by atoms with Crippen molar-refractivity contribution in [3.63, 3.8) is 0 Å².